The van der Waals surface area contributed by atoms with E-state index in [0.717, 1.165) is 22.5 Å². The van der Waals surface area contributed by atoms with Gasteiger partial charge in [-0.2, -0.15) is 4.31 Å². The van der Waals surface area contributed by atoms with Crippen LogP contribution in [0.5, 0.6) is 0 Å². The summed E-state index contributed by atoms with van der Waals surface area (Å²) in [6.45, 7) is 2.99. The third-order valence-electron chi connectivity index (χ3n) is 4.43. The molecule has 172 valence electrons. The van der Waals surface area contributed by atoms with Gasteiger partial charge in [-0.25, -0.2) is 22.4 Å². The zero-order chi connectivity index (χ0) is 23.9. The van der Waals surface area contributed by atoms with Gasteiger partial charge in [-0.1, -0.05) is 13.8 Å². The highest BCUT2D eigenvalue weighted by molar-refractivity contribution is 7.89. The van der Waals surface area contributed by atoms with Gasteiger partial charge < -0.3 is 14.8 Å². The van der Waals surface area contributed by atoms with Crippen LogP contribution in [0.25, 0.3) is 0 Å². The molecule has 1 amide bonds. The van der Waals surface area contributed by atoms with Crippen LogP contribution in [0.4, 0.5) is 10.1 Å². The van der Waals surface area contributed by atoms with Gasteiger partial charge in [0.2, 0.25) is 10.0 Å². The summed E-state index contributed by atoms with van der Waals surface area (Å²) in [5.41, 5.74) is 0.0117. The Morgan fingerprint density at radius 2 is 1.62 bits per heavy atom. The summed E-state index contributed by atoms with van der Waals surface area (Å²) in [5.74, 6) is -3.41. The highest BCUT2D eigenvalue weighted by Crippen LogP contribution is 2.20. The highest BCUT2D eigenvalue weighted by atomic mass is 32.2. The summed E-state index contributed by atoms with van der Waals surface area (Å²) < 4.78 is 49.9. The molecular formula is C21H23FN2O7S. The summed E-state index contributed by atoms with van der Waals surface area (Å²) >= 11 is 0. The lowest BCUT2D eigenvalue weighted by Gasteiger charge is -2.18. The Kier molecular flexibility index (Phi) is 8.44. The van der Waals surface area contributed by atoms with Gasteiger partial charge in [0.1, 0.15) is 5.82 Å². The molecule has 0 spiro atoms. The van der Waals surface area contributed by atoms with Crippen LogP contribution in [0.2, 0.25) is 0 Å². The van der Waals surface area contributed by atoms with Crippen molar-refractivity contribution < 1.29 is 36.7 Å². The van der Waals surface area contributed by atoms with Gasteiger partial charge in [-0.3, -0.25) is 4.79 Å². The van der Waals surface area contributed by atoms with Gasteiger partial charge in [-0.15, -0.1) is 0 Å². The minimum atomic E-state index is -3.91. The van der Waals surface area contributed by atoms with Crippen LogP contribution in [0.15, 0.2) is 47.4 Å². The Hall–Kier alpha value is -3.31. The van der Waals surface area contributed by atoms with Crippen LogP contribution >= 0.6 is 0 Å². The molecule has 32 heavy (non-hydrogen) atoms. The van der Waals surface area contributed by atoms with E-state index in [-0.39, 0.29) is 23.5 Å². The number of esters is 2. The van der Waals surface area contributed by atoms with Crippen LogP contribution in [0.1, 0.15) is 34.6 Å². The molecule has 2 aromatic carbocycles. The maximum Gasteiger partial charge on any atom is 0.341 e. The van der Waals surface area contributed by atoms with Gasteiger partial charge in [0.25, 0.3) is 5.91 Å². The number of nitrogens with one attached hydrogen (secondary N) is 1. The van der Waals surface area contributed by atoms with E-state index in [9.17, 15) is 27.2 Å². The van der Waals surface area contributed by atoms with Crippen molar-refractivity contribution in [1.29, 1.82) is 0 Å². The lowest BCUT2D eigenvalue weighted by Crippen LogP contribution is -2.30. The first-order valence-electron chi connectivity index (χ1n) is 9.59. The number of nitrogens with zero attached hydrogens (tertiary/aromatic N) is 1. The van der Waals surface area contributed by atoms with E-state index in [1.165, 1.54) is 31.4 Å². The number of ether oxygens (including phenoxy) is 2. The molecule has 9 nitrogen and oxygen atoms in total. The summed E-state index contributed by atoms with van der Waals surface area (Å²) in [5, 5.41) is 2.45. The summed E-state index contributed by atoms with van der Waals surface area (Å²) in [6.07, 6.45) is 0. The molecule has 2 aromatic rings. The fourth-order valence-electron chi connectivity index (χ4n) is 2.75. The molecule has 0 aliphatic rings. The van der Waals surface area contributed by atoms with E-state index >= 15 is 0 Å². The Morgan fingerprint density at radius 1 is 1.00 bits per heavy atom. The van der Waals surface area contributed by atoms with E-state index in [4.69, 9.17) is 4.74 Å². The summed E-state index contributed by atoms with van der Waals surface area (Å²) in [4.78, 5) is 35.4. The van der Waals surface area contributed by atoms with Gasteiger partial charge in [0, 0.05) is 18.8 Å². The van der Waals surface area contributed by atoms with Crippen LogP contribution in [0, 0.1) is 5.82 Å². The van der Waals surface area contributed by atoms with Crippen molar-refractivity contribution in [3.05, 3.63) is 59.4 Å². The van der Waals surface area contributed by atoms with Crippen molar-refractivity contribution in [2.24, 2.45) is 0 Å². The summed E-state index contributed by atoms with van der Waals surface area (Å²) in [6, 6.07) is 8.57. The Balaban J connectivity index is 2.06. The predicted octanol–water partition coefficient (Wildman–Crippen LogP) is 2.44. The molecule has 0 unspecified atom stereocenters. The molecule has 0 aliphatic heterocycles. The monoisotopic (exact) mass is 466 g/mol. The van der Waals surface area contributed by atoms with Crippen molar-refractivity contribution in [1.82, 2.24) is 4.31 Å². The maximum atomic E-state index is 14.1. The van der Waals surface area contributed by atoms with E-state index < -0.39 is 45.9 Å². The van der Waals surface area contributed by atoms with Crippen molar-refractivity contribution in [2.45, 2.75) is 18.7 Å². The first-order chi connectivity index (χ1) is 15.1. The topological polar surface area (TPSA) is 119 Å². The van der Waals surface area contributed by atoms with E-state index in [1.807, 2.05) is 0 Å². The van der Waals surface area contributed by atoms with E-state index in [2.05, 4.69) is 10.1 Å². The molecule has 0 radical (unpaired) electrons. The lowest BCUT2D eigenvalue weighted by atomic mass is 10.2. The standard InChI is InChI=1S/C21H23FN2O7S/c1-4-24(5-2)32(28,29)16-10-11-18(22)17(12-16)21(27)31-13-19(25)23-15-8-6-14(7-9-15)20(26)30-3/h6-12H,4-5,13H2,1-3H3,(H,23,25). The lowest BCUT2D eigenvalue weighted by molar-refractivity contribution is -0.119. The van der Waals surface area contributed by atoms with Crippen molar-refractivity contribution in [3.63, 3.8) is 0 Å². The fraction of sp³-hybridized carbons (Fsp3) is 0.286. The molecule has 0 heterocycles. The normalized spacial score (nSPS) is 11.2. The number of sulfonamides is 1. The van der Waals surface area contributed by atoms with Crippen LogP contribution in [0.3, 0.4) is 0 Å². The predicted molar refractivity (Wildman–Crippen MR) is 113 cm³/mol. The van der Waals surface area contributed by atoms with E-state index in [0.29, 0.717) is 5.69 Å². The molecule has 0 bridgehead atoms. The smallest absolute Gasteiger partial charge is 0.341 e. The number of anilines is 1. The van der Waals surface area contributed by atoms with Crippen molar-refractivity contribution in [2.75, 3.05) is 32.1 Å². The first-order valence-corrected chi connectivity index (χ1v) is 11.0. The minimum absolute atomic E-state index is 0.205. The van der Waals surface area contributed by atoms with Gasteiger partial charge in [-0.05, 0) is 42.5 Å². The number of rotatable bonds is 9. The molecule has 1 N–H and O–H groups in total. The molecule has 0 fully saturated rings. The van der Waals surface area contributed by atoms with Crippen LogP contribution in [-0.2, 0) is 24.3 Å². The molecule has 2 rings (SSSR count). The first kappa shape index (κ1) is 25.0. The van der Waals surface area contributed by atoms with Crippen LogP contribution in [-0.4, -0.2) is 57.4 Å². The molecular weight excluding hydrogens is 443 g/mol. The zero-order valence-electron chi connectivity index (χ0n) is 17.8. The molecule has 0 aromatic heterocycles. The minimum Gasteiger partial charge on any atom is -0.465 e. The highest BCUT2D eigenvalue weighted by Gasteiger charge is 2.25. The van der Waals surface area contributed by atoms with Crippen molar-refractivity contribution >= 4 is 33.6 Å². The summed E-state index contributed by atoms with van der Waals surface area (Å²) in [7, 11) is -2.67. The second kappa shape index (κ2) is 10.8. The second-order valence-electron chi connectivity index (χ2n) is 6.42. The van der Waals surface area contributed by atoms with Crippen LogP contribution < -0.4 is 5.32 Å². The van der Waals surface area contributed by atoms with Crippen molar-refractivity contribution in [3.8, 4) is 0 Å². The third-order valence-corrected chi connectivity index (χ3v) is 6.47. The number of hydrogen-bond acceptors (Lipinski definition) is 7. The van der Waals surface area contributed by atoms with Gasteiger partial charge >= 0.3 is 11.9 Å². The molecule has 0 aliphatic carbocycles. The Labute approximate surface area is 185 Å². The average molecular weight is 466 g/mol. The molecule has 0 saturated heterocycles. The fourth-order valence-corrected chi connectivity index (χ4v) is 4.23. The number of hydrogen-bond donors (Lipinski definition) is 1. The van der Waals surface area contributed by atoms with E-state index in [1.54, 1.807) is 13.8 Å². The Morgan fingerprint density at radius 3 is 2.19 bits per heavy atom. The molecule has 0 saturated carbocycles. The van der Waals surface area contributed by atoms with Gasteiger partial charge in [0.05, 0.1) is 23.1 Å². The van der Waals surface area contributed by atoms with Gasteiger partial charge in [0.15, 0.2) is 6.61 Å². The largest absolute Gasteiger partial charge is 0.465 e. The third kappa shape index (κ3) is 5.89. The quantitative estimate of drug-likeness (QED) is 0.564. The molecule has 11 heteroatoms. The number of carbonyl (C=O) groups is 3. The SMILES string of the molecule is CCN(CC)S(=O)(=O)c1ccc(F)c(C(=O)OCC(=O)Nc2ccc(C(=O)OC)cc2)c1. The zero-order valence-corrected chi connectivity index (χ0v) is 18.6. The number of carbonyl (C=O) groups excluding carboxylic acids is 3. The Bertz CT molecular complexity index is 1100. The number of halogens is 1. The second-order valence-corrected chi connectivity index (χ2v) is 8.36. The maximum absolute atomic E-state index is 14.1. The number of benzene rings is 2. The average Bonchev–Trinajstić information content (AvgIpc) is 2.78. The molecule has 0 atom stereocenters. The number of methoxy groups -OCH3 is 1. The number of amides is 1.